The minimum Gasteiger partial charge on any atom is -0.481 e. The van der Waals surface area contributed by atoms with E-state index in [-0.39, 0.29) is 25.8 Å². The molecule has 8 atom stereocenters. The first-order valence-corrected chi connectivity index (χ1v) is 17.7. The average Bonchev–Trinajstić information content (AvgIpc) is 3.56. The van der Waals surface area contributed by atoms with Crippen LogP contribution >= 0.6 is 11.8 Å². The average molecular weight is 747 g/mol. The Morgan fingerprint density at radius 3 is 1.78 bits per heavy atom. The predicted octanol–water partition coefficient (Wildman–Crippen LogP) is -4.01. The third kappa shape index (κ3) is 14.7. The van der Waals surface area contributed by atoms with Gasteiger partial charge in [-0.25, -0.2) is 4.79 Å². The van der Waals surface area contributed by atoms with Crippen molar-refractivity contribution < 1.29 is 58.5 Å². The van der Waals surface area contributed by atoms with Gasteiger partial charge < -0.3 is 57.9 Å². The highest BCUT2D eigenvalue weighted by molar-refractivity contribution is 7.98. The number of aliphatic hydroxyl groups excluding tert-OH is 1. The summed E-state index contributed by atoms with van der Waals surface area (Å²) in [7, 11) is 0. The molecule has 0 radical (unpaired) electrons. The molecule has 0 aromatic carbocycles. The lowest BCUT2D eigenvalue weighted by molar-refractivity contribution is -0.145. The summed E-state index contributed by atoms with van der Waals surface area (Å²) in [5, 5.41) is 42.1. The number of nitrogens with zero attached hydrogens (tertiary/aromatic N) is 1. The fraction of sp³-hybridized carbons (Fsp3) is 0.700. The molecule has 288 valence electrons. The predicted molar refractivity (Wildman–Crippen MR) is 182 cm³/mol. The van der Waals surface area contributed by atoms with Crippen LogP contribution in [0.1, 0.15) is 59.8 Å². The van der Waals surface area contributed by atoms with Crippen LogP contribution in [0.5, 0.6) is 0 Å². The molecule has 0 aromatic heterocycles. The van der Waals surface area contributed by atoms with Crippen molar-refractivity contribution in [1.29, 1.82) is 0 Å². The lowest BCUT2D eigenvalue weighted by atomic mass is 10.1. The zero-order valence-electron chi connectivity index (χ0n) is 29.2. The molecule has 0 saturated carbocycles. The van der Waals surface area contributed by atoms with Crippen LogP contribution < -0.4 is 37.6 Å². The molecule has 1 rings (SSSR count). The number of carboxylic acid groups (broad SMARTS) is 2. The smallest absolute Gasteiger partial charge is 0.326 e. The maximum atomic E-state index is 13.3. The summed E-state index contributed by atoms with van der Waals surface area (Å²) >= 11 is 1.39. The van der Waals surface area contributed by atoms with Crippen molar-refractivity contribution in [3.05, 3.63) is 0 Å². The van der Waals surface area contributed by atoms with Crippen molar-refractivity contribution in [2.75, 3.05) is 25.2 Å². The number of carboxylic acids is 2. The number of rotatable bonds is 21. The first-order chi connectivity index (χ1) is 23.8. The van der Waals surface area contributed by atoms with E-state index in [0.717, 1.165) is 0 Å². The molecular weight excluding hydrogens is 696 g/mol. The normalized spacial score (nSPS) is 18.0. The van der Waals surface area contributed by atoms with E-state index in [1.807, 2.05) is 0 Å². The number of carbonyl (C=O) groups excluding carboxylic acids is 7. The van der Waals surface area contributed by atoms with Gasteiger partial charge in [0.05, 0.1) is 12.6 Å². The largest absolute Gasteiger partial charge is 0.481 e. The van der Waals surface area contributed by atoms with Gasteiger partial charge in [-0.05, 0) is 65.4 Å². The molecule has 0 bridgehead atoms. The molecule has 20 nitrogen and oxygen atoms in total. The van der Waals surface area contributed by atoms with Crippen LogP contribution in [0.3, 0.4) is 0 Å². The fourth-order valence-electron chi connectivity index (χ4n) is 4.80. The van der Waals surface area contributed by atoms with E-state index in [1.54, 1.807) is 6.26 Å². The highest BCUT2D eigenvalue weighted by Gasteiger charge is 2.38. The highest BCUT2D eigenvalue weighted by Crippen LogP contribution is 2.19. The number of nitrogens with two attached hydrogens (primary N) is 1. The van der Waals surface area contributed by atoms with Crippen molar-refractivity contribution in [3.8, 4) is 0 Å². The molecule has 0 spiro atoms. The molecule has 7 amide bonds. The summed E-state index contributed by atoms with van der Waals surface area (Å²) in [6.45, 7) is 4.80. The molecule has 21 heteroatoms. The number of amides is 7. The molecule has 0 aliphatic carbocycles. The van der Waals surface area contributed by atoms with Gasteiger partial charge in [0.15, 0.2) is 0 Å². The van der Waals surface area contributed by atoms with E-state index in [1.165, 1.54) is 44.4 Å². The standard InChI is InChI=1S/C30H50N8O12S/c1-14(31)23(42)37-20(13-39)27(46)33-15(2)24(43)32-16(3)25(44)35-18(10-12-51-5)26(45)34-17(4)29(48)38-11-6-7-21(38)28(47)36-19(30(49)50)8-9-22(40)41/h14-21,39H,6-13,31H2,1-5H3,(H,32,43)(H,33,46)(H,34,45)(H,35,44)(H,36,47)(H,37,42)(H,40,41)(H,49,50). The van der Waals surface area contributed by atoms with Crippen LogP contribution in [0.25, 0.3) is 0 Å². The van der Waals surface area contributed by atoms with Crippen molar-refractivity contribution in [2.45, 2.75) is 108 Å². The summed E-state index contributed by atoms with van der Waals surface area (Å²) in [5.74, 6) is -7.47. The van der Waals surface area contributed by atoms with E-state index in [9.17, 15) is 53.4 Å². The van der Waals surface area contributed by atoms with E-state index >= 15 is 0 Å². The molecule has 1 saturated heterocycles. The van der Waals surface area contributed by atoms with Gasteiger partial charge in [-0.1, -0.05) is 0 Å². The van der Waals surface area contributed by atoms with Crippen molar-refractivity contribution in [1.82, 2.24) is 36.8 Å². The van der Waals surface area contributed by atoms with Crippen molar-refractivity contribution in [2.24, 2.45) is 5.73 Å². The SMILES string of the molecule is CSCCC(NC(=O)C(C)NC(=O)C(C)NC(=O)C(CO)NC(=O)C(C)N)C(=O)NC(C)C(=O)N1CCCC1C(=O)NC(CCC(=O)O)C(=O)O. The van der Waals surface area contributed by atoms with E-state index in [2.05, 4.69) is 31.9 Å². The van der Waals surface area contributed by atoms with Crippen LogP contribution in [0.15, 0.2) is 0 Å². The highest BCUT2D eigenvalue weighted by atomic mass is 32.2. The van der Waals surface area contributed by atoms with Crippen LogP contribution in [0.4, 0.5) is 0 Å². The van der Waals surface area contributed by atoms with E-state index in [4.69, 9.17) is 10.8 Å². The zero-order valence-corrected chi connectivity index (χ0v) is 30.0. The fourth-order valence-corrected chi connectivity index (χ4v) is 5.27. The Balaban J connectivity index is 2.85. The Hall–Kier alpha value is -4.50. The molecule has 51 heavy (non-hydrogen) atoms. The summed E-state index contributed by atoms with van der Waals surface area (Å²) in [6.07, 6.45) is 1.71. The summed E-state index contributed by atoms with van der Waals surface area (Å²) in [4.78, 5) is 113. The van der Waals surface area contributed by atoms with Gasteiger partial charge in [0, 0.05) is 13.0 Å². The second-order valence-electron chi connectivity index (χ2n) is 12.1. The van der Waals surface area contributed by atoms with Crippen molar-refractivity contribution >= 4 is 65.1 Å². The Morgan fingerprint density at radius 2 is 1.25 bits per heavy atom. The molecule has 1 heterocycles. The number of hydrogen-bond acceptors (Lipinski definition) is 12. The molecule has 1 aliphatic rings. The third-order valence-corrected chi connectivity index (χ3v) is 8.45. The molecule has 0 aromatic rings. The van der Waals surface area contributed by atoms with Gasteiger partial charge in [0.2, 0.25) is 41.4 Å². The Kier molecular flexibility index (Phi) is 18.9. The summed E-state index contributed by atoms with van der Waals surface area (Å²) in [5.41, 5.74) is 5.45. The van der Waals surface area contributed by atoms with Gasteiger partial charge >= 0.3 is 11.9 Å². The number of aliphatic carboxylic acids is 2. The first kappa shape index (κ1) is 44.5. The molecule has 1 aliphatic heterocycles. The van der Waals surface area contributed by atoms with Gasteiger partial charge in [-0.15, -0.1) is 0 Å². The number of hydrogen-bond donors (Lipinski definition) is 10. The minimum atomic E-state index is -1.48. The first-order valence-electron chi connectivity index (χ1n) is 16.3. The van der Waals surface area contributed by atoms with Gasteiger partial charge in [0.25, 0.3) is 0 Å². The second kappa shape index (κ2) is 21.7. The van der Waals surface area contributed by atoms with E-state index in [0.29, 0.717) is 12.2 Å². The molecular formula is C30H50N8O12S. The van der Waals surface area contributed by atoms with Gasteiger partial charge in [-0.3, -0.25) is 38.4 Å². The maximum Gasteiger partial charge on any atom is 0.326 e. The number of thioether (sulfide) groups is 1. The van der Waals surface area contributed by atoms with Crippen LogP contribution in [0, 0.1) is 0 Å². The Bertz CT molecular complexity index is 1300. The third-order valence-electron chi connectivity index (χ3n) is 7.81. The lowest BCUT2D eigenvalue weighted by Crippen LogP contribution is -2.59. The van der Waals surface area contributed by atoms with Crippen LogP contribution in [-0.4, -0.2) is 147 Å². The number of nitrogens with one attached hydrogen (secondary N) is 6. The molecule has 1 fully saturated rings. The van der Waals surface area contributed by atoms with Gasteiger partial charge in [0.1, 0.15) is 42.3 Å². The lowest BCUT2D eigenvalue weighted by Gasteiger charge is -2.29. The summed E-state index contributed by atoms with van der Waals surface area (Å²) < 4.78 is 0. The maximum absolute atomic E-state index is 13.3. The van der Waals surface area contributed by atoms with Gasteiger partial charge in [-0.2, -0.15) is 11.8 Å². The second-order valence-corrected chi connectivity index (χ2v) is 13.1. The topological polar surface area (TPSA) is 316 Å². The van der Waals surface area contributed by atoms with E-state index < -0.39 is 115 Å². The summed E-state index contributed by atoms with van der Waals surface area (Å²) in [6, 6.07) is -9.55. The monoisotopic (exact) mass is 746 g/mol. The Labute approximate surface area is 299 Å². The van der Waals surface area contributed by atoms with Crippen LogP contribution in [0.2, 0.25) is 0 Å². The molecule has 8 unspecified atom stereocenters. The zero-order chi connectivity index (χ0) is 39.0. The van der Waals surface area contributed by atoms with Crippen molar-refractivity contribution in [3.63, 3.8) is 0 Å². The Morgan fingerprint density at radius 1 is 0.725 bits per heavy atom. The molecule has 11 N–H and O–H groups in total. The van der Waals surface area contributed by atoms with Crippen LogP contribution in [-0.2, 0) is 43.2 Å². The quantitative estimate of drug-likeness (QED) is 0.0535. The minimum absolute atomic E-state index is 0.143. The number of likely N-dealkylation sites (tertiary alicyclic amines) is 1. The number of aliphatic hydroxyl groups is 1. The number of carbonyl (C=O) groups is 9.